The number of rotatable bonds is 3. The number of fused-ring (bicyclic) bond motifs is 2. The van der Waals surface area contributed by atoms with Crippen LogP contribution in [-0.2, 0) is 11.3 Å². The minimum absolute atomic E-state index is 0.217. The quantitative estimate of drug-likeness (QED) is 0.801. The monoisotopic (exact) mass is 334 g/mol. The average molecular weight is 334 g/mol. The van der Waals surface area contributed by atoms with Crippen LogP contribution >= 0.6 is 0 Å². The Morgan fingerprint density at radius 2 is 2.04 bits per heavy atom. The number of aromatic nitrogens is 2. The van der Waals surface area contributed by atoms with E-state index in [9.17, 15) is 4.79 Å². The fraction of sp³-hybridized carbons (Fsp3) is 0.300. The van der Waals surface area contributed by atoms with Gasteiger partial charge in [-0.15, -0.1) is 0 Å². The van der Waals surface area contributed by atoms with Gasteiger partial charge in [0.25, 0.3) is 0 Å². The molecule has 128 valence electrons. The zero-order valence-corrected chi connectivity index (χ0v) is 14.5. The molecule has 5 heteroatoms. The van der Waals surface area contributed by atoms with E-state index in [4.69, 9.17) is 10.7 Å². The van der Waals surface area contributed by atoms with Crippen molar-refractivity contribution in [3.8, 4) is 0 Å². The molecule has 0 saturated carbocycles. The molecule has 3 aromatic rings. The van der Waals surface area contributed by atoms with E-state index in [0.717, 1.165) is 34.7 Å². The summed E-state index contributed by atoms with van der Waals surface area (Å²) in [4.78, 5) is 19.0. The van der Waals surface area contributed by atoms with Gasteiger partial charge in [0, 0.05) is 23.6 Å². The molecule has 2 aromatic heterocycles. The lowest BCUT2D eigenvalue weighted by Gasteiger charge is -2.39. The molecule has 0 unspecified atom stereocenters. The first-order chi connectivity index (χ1) is 12.0. The van der Waals surface area contributed by atoms with Crippen molar-refractivity contribution >= 4 is 17.2 Å². The van der Waals surface area contributed by atoms with Crippen LogP contribution in [0.4, 0.5) is 5.69 Å². The second-order valence-corrected chi connectivity index (χ2v) is 6.85. The number of para-hydroxylation sites is 1. The van der Waals surface area contributed by atoms with E-state index < -0.39 is 0 Å². The highest BCUT2D eigenvalue weighted by molar-refractivity contribution is 5.85. The molecule has 0 radical (unpaired) electrons. The number of pyridine rings is 1. The zero-order valence-electron chi connectivity index (χ0n) is 14.5. The lowest BCUT2D eigenvalue weighted by molar-refractivity contribution is -0.119. The van der Waals surface area contributed by atoms with E-state index in [1.54, 1.807) is 0 Å². The second-order valence-electron chi connectivity index (χ2n) is 6.85. The average Bonchev–Trinajstić information content (AvgIpc) is 3.01. The van der Waals surface area contributed by atoms with Crippen molar-refractivity contribution in [2.45, 2.75) is 38.8 Å². The standard InChI is InChI=1S/C20H22N4O/c1-13-6-5-9-19-22-15(12-24(13)19)11-23-14(2)10-17(20(21)25)16-7-3-4-8-18(16)23/h3-9,12,14,17H,10-11H2,1-2H3,(H2,21,25)/t14-,17-/m1/s1. The number of hydrogen-bond donors (Lipinski definition) is 1. The van der Waals surface area contributed by atoms with Gasteiger partial charge in [-0.1, -0.05) is 24.3 Å². The predicted molar refractivity (Wildman–Crippen MR) is 98.6 cm³/mol. The molecule has 25 heavy (non-hydrogen) atoms. The van der Waals surface area contributed by atoms with E-state index in [1.807, 2.05) is 30.3 Å². The number of amides is 1. The van der Waals surface area contributed by atoms with Crippen LogP contribution in [0.5, 0.6) is 0 Å². The Morgan fingerprint density at radius 1 is 1.24 bits per heavy atom. The van der Waals surface area contributed by atoms with Crippen LogP contribution in [0, 0.1) is 6.92 Å². The van der Waals surface area contributed by atoms with Gasteiger partial charge in [-0.25, -0.2) is 4.98 Å². The molecule has 0 saturated heterocycles. The van der Waals surface area contributed by atoms with Crippen LogP contribution in [-0.4, -0.2) is 21.3 Å². The van der Waals surface area contributed by atoms with Crippen LogP contribution in [0.25, 0.3) is 5.65 Å². The number of primary amides is 1. The maximum absolute atomic E-state index is 11.9. The van der Waals surface area contributed by atoms with E-state index in [2.05, 4.69) is 41.5 Å². The fourth-order valence-electron chi connectivity index (χ4n) is 3.84. The van der Waals surface area contributed by atoms with Gasteiger partial charge < -0.3 is 15.0 Å². The largest absolute Gasteiger partial charge is 0.369 e. The molecule has 3 heterocycles. The van der Waals surface area contributed by atoms with E-state index >= 15 is 0 Å². The molecule has 0 spiro atoms. The molecule has 0 fully saturated rings. The van der Waals surface area contributed by atoms with E-state index in [-0.39, 0.29) is 17.9 Å². The summed E-state index contributed by atoms with van der Waals surface area (Å²) in [7, 11) is 0. The summed E-state index contributed by atoms with van der Waals surface area (Å²) < 4.78 is 2.11. The van der Waals surface area contributed by atoms with Gasteiger partial charge in [-0.2, -0.15) is 0 Å². The highest BCUT2D eigenvalue weighted by Gasteiger charge is 2.33. The Balaban J connectivity index is 1.72. The molecule has 2 atom stereocenters. The molecule has 1 aliphatic heterocycles. The molecular formula is C20H22N4O. The smallest absolute Gasteiger partial charge is 0.225 e. The van der Waals surface area contributed by atoms with Crippen molar-refractivity contribution in [3.63, 3.8) is 0 Å². The van der Waals surface area contributed by atoms with Crippen LogP contribution in [0.2, 0.25) is 0 Å². The first-order valence-corrected chi connectivity index (χ1v) is 8.63. The highest BCUT2D eigenvalue weighted by atomic mass is 16.1. The number of imidazole rings is 1. The van der Waals surface area contributed by atoms with Gasteiger partial charge in [0.2, 0.25) is 5.91 Å². The number of nitrogens with two attached hydrogens (primary N) is 1. The van der Waals surface area contributed by atoms with Crippen LogP contribution in [0.1, 0.15) is 36.2 Å². The number of aryl methyl sites for hydroxylation is 1. The lowest BCUT2D eigenvalue weighted by Crippen LogP contribution is -2.41. The Labute approximate surface area is 147 Å². The summed E-state index contributed by atoms with van der Waals surface area (Å²) in [6.45, 7) is 4.94. The summed E-state index contributed by atoms with van der Waals surface area (Å²) in [6.07, 6.45) is 2.83. The molecular weight excluding hydrogens is 312 g/mol. The van der Waals surface area contributed by atoms with Gasteiger partial charge in [0.15, 0.2) is 0 Å². The maximum atomic E-state index is 11.9. The van der Waals surface area contributed by atoms with Crippen LogP contribution in [0.15, 0.2) is 48.7 Å². The summed E-state index contributed by atoms with van der Waals surface area (Å²) in [5, 5.41) is 0. The molecule has 1 aliphatic rings. The summed E-state index contributed by atoms with van der Waals surface area (Å²) >= 11 is 0. The van der Waals surface area contributed by atoms with Gasteiger partial charge in [0.05, 0.1) is 18.2 Å². The maximum Gasteiger partial charge on any atom is 0.225 e. The van der Waals surface area contributed by atoms with Crippen molar-refractivity contribution in [3.05, 3.63) is 65.6 Å². The third-order valence-electron chi connectivity index (χ3n) is 5.15. The molecule has 0 aliphatic carbocycles. The zero-order chi connectivity index (χ0) is 17.6. The number of nitrogens with zero attached hydrogens (tertiary/aromatic N) is 3. The first-order valence-electron chi connectivity index (χ1n) is 8.63. The minimum atomic E-state index is -0.248. The van der Waals surface area contributed by atoms with Crippen molar-refractivity contribution in [1.82, 2.24) is 9.38 Å². The topological polar surface area (TPSA) is 63.6 Å². The molecule has 1 amide bonds. The second kappa shape index (κ2) is 5.92. The molecule has 5 nitrogen and oxygen atoms in total. The lowest BCUT2D eigenvalue weighted by atomic mass is 9.85. The number of carbonyl (C=O) groups is 1. The van der Waals surface area contributed by atoms with Crippen LogP contribution < -0.4 is 10.6 Å². The number of hydrogen-bond acceptors (Lipinski definition) is 3. The van der Waals surface area contributed by atoms with E-state index in [0.29, 0.717) is 6.54 Å². The van der Waals surface area contributed by atoms with Crippen LogP contribution in [0.3, 0.4) is 0 Å². The normalized spacial score (nSPS) is 19.8. The van der Waals surface area contributed by atoms with Gasteiger partial charge in [-0.05, 0) is 44.0 Å². The SMILES string of the molecule is Cc1cccc2nc(CN3c4ccccc4[C@H](C(N)=O)C[C@H]3C)cn12. The van der Waals surface area contributed by atoms with Gasteiger partial charge in [0.1, 0.15) is 5.65 Å². The molecule has 4 rings (SSSR count). The Morgan fingerprint density at radius 3 is 2.80 bits per heavy atom. The Bertz CT molecular complexity index is 946. The number of benzene rings is 1. The number of anilines is 1. The first kappa shape index (κ1) is 15.7. The van der Waals surface area contributed by atoms with Crippen molar-refractivity contribution in [1.29, 1.82) is 0 Å². The van der Waals surface area contributed by atoms with Crippen molar-refractivity contribution in [2.75, 3.05) is 4.90 Å². The molecule has 0 bridgehead atoms. The third kappa shape index (κ3) is 2.65. The van der Waals surface area contributed by atoms with Crippen molar-refractivity contribution in [2.24, 2.45) is 5.73 Å². The number of carbonyl (C=O) groups excluding carboxylic acids is 1. The fourth-order valence-corrected chi connectivity index (χ4v) is 3.84. The molecule has 1 aromatic carbocycles. The Kier molecular flexibility index (Phi) is 3.71. The Hall–Kier alpha value is -2.82. The van der Waals surface area contributed by atoms with Crippen molar-refractivity contribution < 1.29 is 4.79 Å². The van der Waals surface area contributed by atoms with Gasteiger partial charge >= 0.3 is 0 Å². The highest BCUT2D eigenvalue weighted by Crippen LogP contribution is 2.38. The summed E-state index contributed by atoms with van der Waals surface area (Å²) in [5.74, 6) is -0.465. The summed E-state index contributed by atoms with van der Waals surface area (Å²) in [5.41, 5.74) is 10.9. The van der Waals surface area contributed by atoms with E-state index in [1.165, 1.54) is 0 Å². The molecule has 2 N–H and O–H groups in total. The predicted octanol–water partition coefficient (Wildman–Crippen LogP) is 3.01. The third-order valence-corrected chi connectivity index (χ3v) is 5.15. The summed E-state index contributed by atoms with van der Waals surface area (Å²) in [6, 6.07) is 14.4. The van der Waals surface area contributed by atoms with Gasteiger partial charge in [-0.3, -0.25) is 4.79 Å². The minimum Gasteiger partial charge on any atom is -0.369 e.